The SMILES string of the molecule is CCCn1c(SC(C)C(=O)N(CC)c2ccccc2)nc2sc3c(c2c1=O)CCC3. The Morgan fingerprint density at radius 2 is 2.03 bits per heavy atom. The van der Waals surface area contributed by atoms with Crippen LogP contribution in [0.25, 0.3) is 10.2 Å². The highest BCUT2D eigenvalue weighted by atomic mass is 32.2. The maximum Gasteiger partial charge on any atom is 0.263 e. The van der Waals surface area contributed by atoms with Gasteiger partial charge in [0.05, 0.1) is 10.6 Å². The molecule has 1 unspecified atom stereocenters. The maximum atomic E-state index is 13.3. The fourth-order valence-electron chi connectivity index (χ4n) is 4.07. The van der Waals surface area contributed by atoms with Crippen molar-refractivity contribution in [3.05, 3.63) is 51.1 Å². The second-order valence-corrected chi connectivity index (χ2v) is 9.96. The van der Waals surface area contributed by atoms with Crippen LogP contribution in [0.1, 0.15) is 44.1 Å². The first-order chi connectivity index (χ1) is 14.5. The van der Waals surface area contributed by atoms with Crippen LogP contribution in [-0.2, 0) is 24.2 Å². The summed E-state index contributed by atoms with van der Waals surface area (Å²) in [6.45, 7) is 7.16. The van der Waals surface area contributed by atoms with Crippen LogP contribution >= 0.6 is 23.1 Å². The minimum Gasteiger partial charge on any atom is -0.312 e. The Morgan fingerprint density at radius 1 is 1.27 bits per heavy atom. The Morgan fingerprint density at radius 3 is 2.73 bits per heavy atom. The first-order valence-corrected chi connectivity index (χ1v) is 12.3. The summed E-state index contributed by atoms with van der Waals surface area (Å²) in [6.07, 6.45) is 3.99. The molecule has 158 valence electrons. The molecule has 2 heterocycles. The van der Waals surface area contributed by atoms with Crippen molar-refractivity contribution in [2.24, 2.45) is 0 Å². The van der Waals surface area contributed by atoms with Crippen LogP contribution in [-0.4, -0.2) is 27.3 Å². The third kappa shape index (κ3) is 3.81. The highest BCUT2D eigenvalue weighted by Crippen LogP contribution is 2.36. The molecule has 1 aliphatic rings. The number of carbonyl (C=O) groups is 1. The smallest absolute Gasteiger partial charge is 0.263 e. The number of benzene rings is 1. The molecule has 1 amide bonds. The van der Waals surface area contributed by atoms with Crippen molar-refractivity contribution in [3.8, 4) is 0 Å². The van der Waals surface area contributed by atoms with Crippen LogP contribution in [0.5, 0.6) is 0 Å². The zero-order chi connectivity index (χ0) is 21.3. The van der Waals surface area contributed by atoms with Crippen molar-refractivity contribution in [2.75, 3.05) is 11.4 Å². The third-order valence-corrected chi connectivity index (χ3v) is 7.78. The number of amides is 1. The minimum atomic E-state index is -0.343. The summed E-state index contributed by atoms with van der Waals surface area (Å²) in [5, 5.41) is 1.12. The first-order valence-electron chi connectivity index (χ1n) is 10.6. The standard InChI is InChI=1S/C23H27N3O2S2/c1-4-14-26-22(28)19-17-12-9-13-18(17)30-20(19)24-23(26)29-15(3)21(27)25(5-2)16-10-7-6-8-11-16/h6-8,10-11,15H,4-5,9,12-14H2,1-3H3. The van der Waals surface area contributed by atoms with Gasteiger partial charge in [-0.3, -0.25) is 14.2 Å². The Hall–Kier alpha value is -2.12. The molecule has 0 saturated heterocycles. The van der Waals surface area contributed by atoms with E-state index >= 15 is 0 Å². The molecule has 0 fully saturated rings. The van der Waals surface area contributed by atoms with Gasteiger partial charge in [-0.2, -0.15) is 0 Å². The molecule has 0 saturated carbocycles. The molecule has 1 aliphatic carbocycles. The number of thiophene rings is 1. The topological polar surface area (TPSA) is 55.2 Å². The van der Waals surface area contributed by atoms with Crippen LogP contribution in [0.15, 0.2) is 40.3 Å². The van der Waals surface area contributed by atoms with E-state index < -0.39 is 0 Å². The van der Waals surface area contributed by atoms with Gasteiger partial charge in [0, 0.05) is 23.7 Å². The highest BCUT2D eigenvalue weighted by Gasteiger charge is 2.26. The van der Waals surface area contributed by atoms with Crippen LogP contribution in [0, 0.1) is 0 Å². The van der Waals surface area contributed by atoms with E-state index in [2.05, 4.69) is 6.92 Å². The predicted molar refractivity (Wildman–Crippen MR) is 126 cm³/mol. The Bertz CT molecular complexity index is 1120. The third-order valence-electron chi connectivity index (χ3n) is 5.52. The molecule has 1 aromatic carbocycles. The van der Waals surface area contributed by atoms with E-state index in [-0.39, 0.29) is 16.7 Å². The van der Waals surface area contributed by atoms with Crippen LogP contribution in [0.4, 0.5) is 5.69 Å². The van der Waals surface area contributed by atoms with Crippen molar-refractivity contribution in [1.29, 1.82) is 0 Å². The minimum absolute atomic E-state index is 0.0276. The molecule has 0 radical (unpaired) electrons. The number of fused-ring (bicyclic) bond motifs is 3. The largest absolute Gasteiger partial charge is 0.312 e. The number of aryl methyl sites for hydroxylation is 2. The van der Waals surface area contributed by atoms with Crippen molar-refractivity contribution < 1.29 is 4.79 Å². The number of rotatable bonds is 7. The van der Waals surface area contributed by atoms with Gasteiger partial charge in [0.1, 0.15) is 4.83 Å². The van der Waals surface area contributed by atoms with Gasteiger partial charge in [0.2, 0.25) is 5.91 Å². The lowest BCUT2D eigenvalue weighted by Gasteiger charge is -2.24. The van der Waals surface area contributed by atoms with Gasteiger partial charge < -0.3 is 4.90 Å². The first kappa shape index (κ1) is 21.1. The van der Waals surface area contributed by atoms with E-state index in [0.717, 1.165) is 41.6 Å². The summed E-state index contributed by atoms with van der Waals surface area (Å²) >= 11 is 3.05. The molecule has 30 heavy (non-hydrogen) atoms. The normalized spacial score (nSPS) is 14.1. The van der Waals surface area contributed by atoms with Gasteiger partial charge in [-0.05, 0) is 57.2 Å². The second kappa shape index (κ2) is 8.94. The quantitative estimate of drug-likeness (QED) is 0.387. The Balaban J connectivity index is 1.68. The number of hydrogen-bond donors (Lipinski definition) is 0. The predicted octanol–water partition coefficient (Wildman–Crippen LogP) is 4.89. The van der Waals surface area contributed by atoms with E-state index in [1.165, 1.54) is 22.2 Å². The molecule has 4 rings (SSSR count). The summed E-state index contributed by atoms with van der Waals surface area (Å²) in [5.41, 5.74) is 2.15. The zero-order valence-corrected chi connectivity index (χ0v) is 19.3. The lowest BCUT2D eigenvalue weighted by molar-refractivity contribution is -0.117. The fourth-order valence-corrected chi connectivity index (χ4v) is 6.37. The number of para-hydroxylation sites is 1. The molecule has 1 atom stereocenters. The number of anilines is 1. The van der Waals surface area contributed by atoms with Crippen LogP contribution < -0.4 is 10.5 Å². The Kier molecular flexibility index (Phi) is 6.29. The summed E-state index contributed by atoms with van der Waals surface area (Å²) in [7, 11) is 0. The lowest BCUT2D eigenvalue weighted by Crippen LogP contribution is -2.37. The molecule has 0 bridgehead atoms. The maximum absolute atomic E-state index is 13.3. The fraction of sp³-hybridized carbons (Fsp3) is 0.435. The molecule has 7 heteroatoms. The van der Waals surface area contributed by atoms with Gasteiger partial charge in [0.15, 0.2) is 5.16 Å². The number of aromatic nitrogens is 2. The molecule has 5 nitrogen and oxygen atoms in total. The van der Waals surface area contributed by atoms with Crippen molar-refractivity contribution in [3.63, 3.8) is 0 Å². The molecular formula is C23H27N3O2S2. The van der Waals surface area contributed by atoms with Crippen molar-refractivity contribution in [1.82, 2.24) is 9.55 Å². The van der Waals surface area contributed by atoms with Crippen molar-refractivity contribution in [2.45, 2.75) is 63.4 Å². The van der Waals surface area contributed by atoms with E-state index in [9.17, 15) is 9.59 Å². The number of carbonyl (C=O) groups excluding carboxylic acids is 1. The average molecular weight is 442 g/mol. The van der Waals surface area contributed by atoms with E-state index in [1.807, 2.05) is 44.2 Å². The molecule has 3 aromatic rings. The second-order valence-electron chi connectivity index (χ2n) is 7.57. The highest BCUT2D eigenvalue weighted by molar-refractivity contribution is 8.00. The average Bonchev–Trinajstić information content (AvgIpc) is 3.33. The molecule has 2 aromatic heterocycles. The molecule has 0 aliphatic heterocycles. The van der Waals surface area contributed by atoms with Gasteiger partial charge in [0.25, 0.3) is 5.56 Å². The molecular weight excluding hydrogens is 414 g/mol. The van der Waals surface area contributed by atoms with Gasteiger partial charge in [-0.1, -0.05) is 36.9 Å². The van der Waals surface area contributed by atoms with Gasteiger partial charge >= 0.3 is 0 Å². The van der Waals surface area contributed by atoms with E-state index in [0.29, 0.717) is 18.2 Å². The van der Waals surface area contributed by atoms with Gasteiger partial charge in [-0.15, -0.1) is 11.3 Å². The number of thioether (sulfide) groups is 1. The molecule has 0 N–H and O–H groups in total. The van der Waals surface area contributed by atoms with Crippen LogP contribution in [0.3, 0.4) is 0 Å². The zero-order valence-electron chi connectivity index (χ0n) is 17.7. The van der Waals surface area contributed by atoms with E-state index in [1.54, 1.807) is 20.8 Å². The number of hydrogen-bond acceptors (Lipinski definition) is 5. The molecule has 0 spiro atoms. The van der Waals surface area contributed by atoms with Gasteiger partial charge in [-0.25, -0.2) is 4.98 Å². The monoisotopic (exact) mass is 441 g/mol. The summed E-state index contributed by atoms with van der Waals surface area (Å²) in [5.74, 6) is 0.0276. The van der Waals surface area contributed by atoms with Crippen LogP contribution in [0.2, 0.25) is 0 Å². The lowest BCUT2D eigenvalue weighted by atomic mass is 10.2. The Labute approximate surface area is 185 Å². The summed E-state index contributed by atoms with van der Waals surface area (Å²) in [6, 6.07) is 9.72. The van der Waals surface area contributed by atoms with Crippen molar-refractivity contribution >= 4 is 44.9 Å². The summed E-state index contributed by atoms with van der Waals surface area (Å²) in [4.78, 5) is 35.3. The summed E-state index contributed by atoms with van der Waals surface area (Å²) < 4.78 is 1.78. The number of nitrogens with zero attached hydrogens (tertiary/aromatic N) is 3. The van der Waals surface area contributed by atoms with E-state index in [4.69, 9.17) is 4.98 Å².